The number of non-ortho nitro benzene ring substituents is 1. The topological polar surface area (TPSA) is 85.6 Å². The molecule has 134 valence electrons. The van der Waals surface area contributed by atoms with Gasteiger partial charge in [0.15, 0.2) is 6.61 Å². The van der Waals surface area contributed by atoms with Gasteiger partial charge < -0.3 is 9.64 Å². The van der Waals surface area contributed by atoms with Gasteiger partial charge in [0.05, 0.1) is 26.7 Å². The maximum Gasteiger partial charge on any atom is 0.271 e. The second-order valence-corrected chi connectivity index (χ2v) is 7.01. The molecule has 3 rings (SSSR count). The Morgan fingerprint density at radius 2 is 2.12 bits per heavy atom. The lowest BCUT2D eigenvalue weighted by Gasteiger charge is -2.16. The van der Waals surface area contributed by atoms with E-state index in [1.54, 1.807) is 7.05 Å². The zero-order valence-electron chi connectivity index (χ0n) is 13.7. The summed E-state index contributed by atoms with van der Waals surface area (Å²) >= 11 is 7.48. The first kappa shape index (κ1) is 18.1. The number of thiazole rings is 1. The molecule has 0 spiro atoms. The molecule has 7 nitrogen and oxygen atoms in total. The van der Waals surface area contributed by atoms with Gasteiger partial charge in [-0.25, -0.2) is 4.98 Å². The molecule has 0 N–H and O–H groups in total. The molecule has 0 saturated heterocycles. The van der Waals surface area contributed by atoms with E-state index in [1.807, 2.05) is 24.3 Å². The summed E-state index contributed by atoms with van der Waals surface area (Å²) < 4.78 is 6.46. The number of carbonyl (C=O) groups excluding carboxylic acids is 1. The molecule has 1 amide bonds. The van der Waals surface area contributed by atoms with Crippen molar-refractivity contribution in [1.29, 1.82) is 0 Å². The van der Waals surface area contributed by atoms with Crippen molar-refractivity contribution in [2.45, 2.75) is 6.54 Å². The number of carbonyl (C=O) groups is 1. The quantitative estimate of drug-likeness (QED) is 0.470. The number of amides is 1. The second kappa shape index (κ2) is 7.67. The summed E-state index contributed by atoms with van der Waals surface area (Å²) in [6, 6.07) is 11.6. The zero-order valence-corrected chi connectivity index (χ0v) is 15.3. The second-order valence-electron chi connectivity index (χ2n) is 5.49. The number of benzene rings is 2. The zero-order chi connectivity index (χ0) is 18.7. The summed E-state index contributed by atoms with van der Waals surface area (Å²) in [5.41, 5.74) is 0.767. The molecule has 0 radical (unpaired) electrons. The van der Waals surface area contributed by atoms with Crippen LogP contribution in [0.5, 0.6) is 5.75 Å². The van der Waals surface area contributed by atoms with Gasteiger partial charge in [0.25, 0.3) is 11.6 Å². The van der Waals surface area contributed by atoms with Gasteiger partial charge >= 0.3 is 0 Å². The molecule has 2 aromatic carbocycles. The minimum atomic E-state index is -0.549. The van der Waals surface area contributed by atoms with Crippen LogP contribution >= 0.6 is 22.9 Å². The summed E-state index contributed by atoms with van der Waals surface area (Å²) in [5, 5.41) is 11.6. The predicted molar refractivity (Wildman–Crippen MR) is 99.7 cm³/mol. The molecule has 9 heteroatoms. The lowest BCUT2D eigenvalue weighted by molar-refractivity contribution is -0.384. The van der Waals surface area contributed by atoms with Crippen LogP contribution in [0.4, 0.5) is 5.69 Å². The van der Waals surface area contributed by atoms with Gasteiger partial charge in [-0.2, -0.15) is 0 Å². The van der Waals surface area contributed by atoms with E-state index < -0.39 is 4.92 Å². The Bertz CT molecular complexity index is 943. The number of fused-ring (bicyclic) bond motifs is 1. The Hall–Kier alpha value is -2.71. The number of hydrogen-bond acceptors (Lipinski definition) is 6. The number of nitro benzene ring substituents is 1. The van der Waals surface area contributed by atoms with Crippen LogP contribution in [-0.2, 0) is 11.3 Å². The highest BCUT2D eigenvalue weighted by atomic mass is 35.5. The number of hydrogen-bond donors (Lipinski definition) is 0. The average Bonchev–Trinajstić information content (AvgIpc) is 3.02. The molecule has 0 aliphatic rings. The van der Waals surface area contributed by atoms with E-state index in [9.17, 15) is 14.9 Å². The van der Waals surface area contributed by atoms with Crippen molar-refractivity contribution in [3.63, 3.8) is 0 Å². The van der Waals surface area contributed by atoms with E-state index in [2.05, 4.69) is 4.98 Å². The SMILES string of the molecule is CN(Cc1nc2ccccc2s1)C(=O)COc1ccc([N+](=O)[O-])cc1Cl. The lowest BCUT2D eigenvalue weighted by atomic mass is 10.3. The minimum Gasteiger partial charge on any atom is -0.482 e. The maximum atomic E-state index is 12.2. The number of nitrogens with zero attached hydrogens (tertiary/aromatic N) is 3. The van der Waals surface area contributed by atoms with Gasteiger partial charge in [-0.1, -0.05) is 23.7 Å². The van der Waals surface area contributed by atoms with Crippen LogP contribution in [0.15, 0.2) is 42.5 Å². The molecule has 0 aliphatic heterocycles. The molecule has 0 fully saturated rings. The van der Waals surface area contributed by atoms with Crippen LogP contribution in [-0.4, -0.2) is 34.4 Å². The van der Waals surface area contributed by atoms with Crippen LogP contribution in [0, 0.1) is 10.1 Å². The summed E-state index contributed by atoms with van der Waals surface area (Å²) in [4.78, 5) is 28.4. The van der Waals surface area contributed by atoms with Crippen molar-refractivity contribution >= 4 is 44.7 Å². The lowest BCUT2D eigenvalue weighted by Crippen LogP contribution is -2.30. The fourth-order valence-corrected chi connectivity index (χ4v) is 3.50. The summed E-state index contributed by atoms with van der Waals surface area (Å²) in [6.07, 6.45) is 0. The van der Waals surface area contributed by atoms with Crippen LogP contribution in [0.1, 0.15) is 5.01 Å². The minimum absolute atomic E-state index is 0.0841. The molecule has 0 saturated carbocycles. The third-order valence-electron chi connectivity index (χ3n) is 3.61. The Kier molecular flexibility index (Phi) is 5.34. The Morgan fingerprint density at radius 1 is 1.35 bits per heavy atom. The van der Waals surface area contributed by atoms with Crippen LogP contribution in [0.25, 0.3) is 10.2 Å². The standard InChI is InChI=1S/C17H14ClN3O4S/c1-20(9-16-19-13-4-2-3-5-15(13)26-16)17(22)10-25-14-7-6-11(21(23)24)8-12(14)18/h2-8H,9-10H2,1H3. The first-order chi connectivity index (χ1) is 12.4. The van der Waals surface area contributed by atoms with E-state index >= 15 is 0 Å². The molecule has 0 aliphatic carbocycles. The first-order valence-electron chi connectivity index (χ1n) is 7.59. The van der Waals surface area contributed by atoms with E-state index in [1.165, 1.54) is 34.4 Å². The summed E-state index contributed by atoms with van der Waals surface area (Å²) in [5.74, 6) is -0.0299. The highest BCUT2D eigenvalue weighted by Gasteiger charge is 2.15. The Balaban J connectivity index is 1.60. The van der Waals surface area contributed by atoms with Crippen LogP contribution in [0.3, 0.4) is 0 Å². The molecule has 26 heavy (non-hydrogen) atoms. The third-order valence-corrected chi connectivity index (χ3v) is 4.93. The largest absolute Gasteiger partial charge is 0.482 e. The number of rotatable bonds is 6. The van der Waals surface area contributed by atoms with Gasteiger partial charge in [-0.05, 0) is 18.2 Å². The van der Waals surface area contributed by atoms with Crippen LogP contribution in [0.2, 0.25) is 5.02 Å². The van der Waals surface area contributed by atoms with Gasteiger partial charge in [0.1, 0.15) is 10.8 Å². The molecular weight excluding hydrogens is 378 g/mol. The smallest absolute Gasteiger partial charge is 0.271 e. The van der Waals surface area contributed by atoms with Crippen molar-refractivity contribution in [1.82, 2.24) is 9.88 Å². The number of nitro groups is 1. The predicted octanol–water partition coefficient (Wildman–Crippen LogP) is 3.90. The Labute approximate surface area is 157 Å². The fraction of sp³-hybridized carbons (Fsp3) is 0.176. The van der Waals surface area contributed by atoms with Gasteiger partial charge in [0, 0.05) is 19.2 Å². The van der Waals surface area contributed by atoms with Gasteiger partial charge in [-0.3, -0.25) is 14.9 Å². The van der Waals surface area contributed by atoms with E-state index in [-0.39, 0.29) is 29.0 Å². The number of likely N-dealkylation sites (N-methyl/N-ethyl adjacent to an activating group) is 1. The number of ether oxygens (including phenoxy) is 1. The molecule has 0 unspecified atom stereocenters. The van der Waals surface area contributed by atoms with Gasteiger partial charge in [0.2, 0.25) is 0 Å². The summed E-state index contributed by atoms with van der Waals surface area (Å²) in [6.45, 7) is 0.147. The van der Waals surface area contributed by atoms with Crippen molar-refractivity contribution in [3.05, 3.63) is 62.6 Å². The number of para-hydroxylation sites is 1. The number of halogens is 1. The molecule has 3 aromatic rings. The normalized spacial score (nSPS) is 10.7. The van der Waals surface area contributed by atoms with Crippen molar-refractivity contribution < 1.29 is 14.5 Å². The molecule has 0 bridgehead atoms. The van der Waals surface area contributed by atoms with Gasteiger partial charge in [-0.15, -0.1) is 11.3 Å². The van der Waals surface area contributed by atoms with Crippen molar-refractivity contribution in [2.24, 2.45) is 0 Å². The van der Waals surface area contributed by atoms with E-state index in [0.717, 1.165) is 15.2 Å². The van der Waals surface area contributed by atoms with Crippen molar-refractivity contribution in [2.75, 3.05) is 13.7 Å². The Morgan fingerprint density at radius 3 is 2.81 bits per heavy atom. The van der Waals surface area contributed by atoms with E-state index in [0.29, 0.717) is 6.54 Å². The maximum absolute atomic E-state index is 12.2. The first-order valence-corrected chi connectivity index (χ1v) is 8.78. The highest BCUT2D eigenvalue weighted by Crippen LogP contribution is 2.28. The molecule has 0 atom stereocenters. The molecule has 1 heterocycles. The number of aromatic nitrogens is 1. The molecule has 1 aromatic heterocycles. The van der Waals surface area contributed by atoms with Crippen molar-refractivity contribution in [3.8, 4) is 5.75 Å². The average molecular weight is 392 g/mol. The highest BCUT2D eigenvalue weighted by molar-refractivity contribution is 7.18. The summed E-state index contributed by atoms with van der Waals surface area (Å²) in [7, 11) is 1.66. The monoisotopic (exact) mass is 391 g/mol. The molecular formula is C17H14ClN3O4S. The van der Waals surface area contributed by atoms with Crippen LogP contribution < -0.4 is 4.74 Å². The van der Waals surface area contributed by atoms with E-state index in [4.69, 9.17) is 16.3 Å². The fourth-order valence-electron chi connectivity index (χ4n) is 2.25. The third kappa shape index (κ3) is 4.09.